The number of nitrogens with one attached hydrogen (secondary N) is 1. The number of rotatable bonds is 5. The largest absolute Gasteiger partial charge is 0.339 e. The molecule has 1 saturated carbocycles. The van der Waals surface area contributed by atoms with Crippen LogP contribution in [-0.2, 0) is 0 Å². The molecule has 1 aromatic rings. The van der Waals surface area contributed by atoms with Crippen LogP contribution in [0.25, 0.3) is 0 Å². The van der Waals surface area contributed by atoms with E-state index in [9.17, 15) is 0 Å². The monoisotopic (exact) mass is 251 g/mol. The van der Waals surface area contributed by atoms with Crippen molar-refractivity contribution in [2.75, 3.05) is 13.1 Å². The van der Waals surface area contributed by atoms with E-state index >= 15 is 0 Å². The molecule has 0 aliphatic heterocycles. The van der Waals surface area contributed by atoms with Crippen molar-refractivity contribution in [3.63, 3.8) is 0 Å². The molecule has 0 radical (unpaired) electrons. The maximum Gasteiger partial charge on any atom is 0.230 e. The minimum absolute atomic E-state index is 0.298. The van der Waals surface area contributed by atoms with Gasteiger partial charge in [-0.3, -0.25) is 0 Å². The molecule has 4 nitrogen and oxygen atoms in total. The van der Waals surface area contributed by atoms with E-state index in [1.807, 2.05) is 0 Å². The molecule has 1 aromatic heterocycles. The van der Waals surface area contributed by atoms with Crippen molar-refractivity contribution >= 4 is 0 Å². The molecule has 1 N–H and O–H groups in total. The minimum Gasteiger partial charge on any atom is -0.339 e. The number of nitrogens with zero attached hydrogens (tertiary/aromatic N) is 2. The fraction of sp³-hybridized carbons (Fsp3) is 0.857. The summed E-state index contributed by atoms with van der Waals surface area (Å²) in [7, 11) is 0. The smallest absolute Gasteiger partial charge is 0.230 e. The quantitative estimate of drug-likeness (QED) is 0.873. The van der Waals surface area contributed by atoms with Crippen molar-refractivity contribution in [3.05, 3.63) is 11.7 Å². The summed E-state index contributed by atoms with van der Waals surface area (Å²) < 4.78 is 5.41. The maximum atomic E-state index is 5.41. The van der Waals surface area contributed by atoms with Crippen molar-refractivity contribution < 1.29 is 4.52 Å². The summed E-state index contributed by atoms with van der Waals surface area (Å²) >= 11 is 0. The first-order valence-electron chi connectivity index (χ1n) is 7.25. The lowest BCUT2D eigenvalue weighted by molar-refractivity contribution is 0.316. The number of aromatic nitrogens is 2. The summed E-state index contributed by atoms with van der Waals surface area (Å²) in [5.41, 5.74) is 0. The van der Waals surface area contributed by atoms with Crippen LogP contribution in [0.5, 0.6) is 0 Å². The molecule has 102 valence electrons. The molecule has 3 unspecified atom stereocenters. The molecule has 3 atom stereocenters. The lowest BCUT2D eigenvalue weighted by Crippen LogP contribution is -2.19. The molecule has 0 saturated heterocycles. The van der Waals surface area contributed by atoms with Gasteiger partial charge >= 0.3 is 0 Å². The van der Waals surface area contributed by atoms with Crippen molar-refractivity contribution in [1.29, 1.82) is 0 Å². The molecule has 1 heterocycles. The van der Waals surface area contributed by atoms with E-state index in [2.05, 4.69) is 36.2 Å². The van der Waals surface area contributed by atoms with Crippen LogP contribution in [0.1, 0.15) is 70.0 Å². The van der Waals surface area contributed by atoms with Crippen LogP contribution in [0.3, 0.4) is 0 Å². The van der Waals surface area contributed by atoms with Crippen molar-refractivity contribution in [1.82, 2.24) is 15.5 Å². The summed E-state index contributed by atoms with van der Waals surface area (Å²) in [6.45, 7) is 8.43. The zero-order chi connectivity index (χ0) is 13.0. The second kappa shape index (κ2) is 6.32. The van der Waals surface area contributed by atoms with E-state index in [1.165, 1.54) is 25.7 Å². The van der Waals surface area contributed by atoms with Gasteiger partial charge in [0, 0.05) is 18.4 Å². The predicted octanol–water partition coefficient (Wildman–Crippen LogP) is 3.08. The second-order valence-electron chi connectivity index (χ2n) is 5.67. The van der Waals surface area contributed by atoms with Crippen molar-refractivity contribution in [3.8, 4) is 0 Å². The Morgan fingerprint density at radius 2 is 2.28 bits per heavy atom. The van der Waals surface area contributed by atoms with E-state index in [0.29, 0.717) is 11.8 Å². The molecular weight excluding hydrogens is 226 g/mol. The Morgan fingerprint density at radius 1 is 1.44 bits per heavy atom. The third-order valence-electron chi connectivity index (χ3n) is 3.88. The number of likely N-dealkylation sites (N-methyl/N-ethyl adjacent to an activating group) is 1. The first kappa shape index (κ1) is 13.5. The van der Waals surface area contributed by atoms with Gasteiger partial charge in [-0.1, -0.05) is 38.8 Å². The van der Waals surface area contributed by atoms with Crippen LogP contribution in [0, 0.1) is 5.92 Å². The summed E-state index contributed by atoms with van der Waals surface area (Å²) in [5, 5.41) is 7.50. The molecule has 1 aliphatic rings. The molecule has 1 fully saturated rings. The summed E-state index contributed by atoms with van der Waals surface area (Å²) in [4.78, 5) is 4.60. The predicted molar refractivity (Wildman–Crippen MR) is 71.6 cm³/mol. The molecule has 0 spiro atoms. The topological polar surface area (TPSA) is 51.0 Å². The first-order valence-corrected chi connectivity index (χ1v) is 7.25. The SMILES string of the molecule is CCNCC(C)c1nc(C2CCCC(C)C2)no1. The van der Waals surface area contributed by atoms with E-state index in [1.54, 1.807) is 0 Å². The van der Waals surface area contributed by atoms with E-state index in [0.717, 1.165) is 30.7 Å². The van der Waals surface area contributed by atoms with Gasteiger partial charge in [-0.2, -0.15) is 4.98 Å². The summed E-state index contributed by atoms with van der Waals surface area (Å²) in [5.74, 6) is 3.32. The molecule has 4 heteroatoms. The van der Waals surface area contributed by atoms with Gasteiger partial charge in [0.05, 0.1) is 0 Å². The summed E-state index contributed by atoms with van der Waals surface area (Å²) in [6, 6.07) is 0. The first-order chi connectivity index (χ1) is 8.70. The lowest BCUT2D eigenvalue weighted by Gasteiger charge is -2.23. The fourth-order valence-corrected chi connectivity index (χ4v) is 2.73. The van der Waals surface area contributed by atoms with Gasteiger partial charge in [-0.05, 0) is 25.3 Å². The third kappa shape index (κ3) is 3.31. The van der Waals surface area contributed by atoms with Crippen LogP contribution in [0.4, 0.5) is 0 Å². The Morgan fingerprint density at radius 3 is 3.00 bits per heavy atom. The summed E-state index contributed by atoms with van der Waals surface area (Å²) in [6.07, 6.45) is 5.06. The molecule has 0 bridgehead atoms. The van der Waals surface area contributed by atoms with Crippen LogP contribution < -0.4 is 5.32 Å². The van der Waals surface area contributed by atoms with Crippen LogP contribution >= 0.6 is 0 Å². The number of hydrogen-bond acceptors (Lipinski definition) is 4. The standard InChI is InChI=1S/C14H25N3O/c1-4-15-9-11(3)14-16-13(17-18-14)12-7-5-6-10(2)8-12/h10-12,15H,4-9H2,1-3H3. The Hall–Kier alpha value is -0.900. The Labute approximate surface area is 110 Å². The second-order valence-corrected chi connectivity index (χ2v) is 5.67. The highest BCUT2D eigenvalue weighted by Gasteiger charge is 2.25. The van der Waals surface area contributed by atoms with Gasteiger partial charge in [0.25, 0.3) is 0 Å². The fourth-order valence-electron chi connectivity index (χ4n) is 2.73. The Kier molecular flexibility index (Phi) is 4.75. The zero-order valence-corrected chi connectivity index (χ0v) is 11.8. The van der Waals surface area contributed by atoms with Crippen LogP contribution in [0.2, 0.25) is 0 Å². The molecule has 0 amide bonds. The van der Waals surface area contributed by atoms with Gasteiger partial charge in [0.15, 0.2) is 5.82 Å². The minimum atomic E-state index is 0.298. The highest BCUT2D eigenvalue weighted by molar-refractivity contribution is 5.00. The molecular formula is C14H25N3O. The highest BCUT2D eigenvalue weighted by Crippen LogP contribution is 2.34. The van der Waals surface area contributed by atoms with Crippen molar-refractivity contribution in [2.24, 2.45) is 5.92 Å². The van der Waals surface area contributed by atoms with E-state index < -0.39 is 0 Å². The van der Waals surface area contributed by atoms with Crippen LogP contribution in [-0.4, -0.2) is 23.2 Å². The molecule has 2 rings (SSSR count). The van der Waals surface area contributed by atoms with Gasteiger partial charge < -0.3 is 9.84 Å². The zero-order valence-electron chi connectivity index (χ0n) is 11.8. The van der Waals surface area contributed by atoms with Crippen molar-refractivity contribution in [2.45, 2.75) is 58.3 Å². The Bertz CT molecular complexity index is 364. The van der Waals surface area contributed by atoms with Gasteiger partial charge in [0.1, 0.15) is 0 Å². The average Bonchev–Trinajstić information content (AvgIpc) is 2.85. The van der Waals surface area contributed by atoms with E-state index in [4.69, 9.17) is 4.52 Å². The maximum absolute atomic E-state index is 5.41. The third-order valence-corrected chi connectivity index (χ3v) is 3.88. The normalized spacial score (nSPS) is 26.2. The van der Waals surface area contributed by atoms with Crippen LogP contribution in [0.15, 0.2) is 4.52 Å². The molecule has 1 aliphatic carbocycles. The number of hydrogen-bond donors (Lipinski definition) is 1. The van der Waals surface area contributed by atoms with Gasteiger partial charge in [-0.25, -0.2) is 0 Å². The van der Waals surface area contributed by atoms with Gasteiger partial charge in [0.2, 0.25) is 5.89 Å². The molecule has 18 heavy (non-hydrogen) atoms. The highest BCUT2D eigenvalue weighted by atomic mass is 16.5. The van der Waals surface area contributed by atoms with Gasteiger partial charge in [-0.15, -0.1) is 0 Å². The Balaban J connectivity index is 1.96. The average molecular weight is 251 g/mol. The lowest BCUT2D eigenvalue weighted by atomic mass is 9.82. The van der Waals surface area contributed by atoms with E-state index in [-0.39, 0.29) is 0 Å². The molecule has 0 aromatic carbocycles.